The summed E-state index contributed by atoms with van der Waals surface area (Å²) in [5, 5.41) is 3.73. The van der Waals surface area contributed by atoms with Crippen molar-refractivity contribution in [3.8, 4) is 0 Å². The number of likely N-dealkylation sites (N-methyl/N-ethyl adjacent to an activating group) is 1. The van der Waals surface area contributed by atoms with Crippen LogP contribution in [0.4, 0.5) is 0 Å². The maximum Gasteiger partial charge on any atom is 0.0674 e. The summed E-state index contributed by atoms with van der Waals surface area (Å²) >= 11 is 0. The summed E-state index contributed by atoms with van der Waals surface area (Å²) in [5.41, 5.74) is 0.428. The summed E-state index contributed by atoms with van der Waals surface area (Å²) in [6.07, 6.45) is 4.23. The van der Waals surface area contributed by atoms with Crippen LogP contribution in [0.1, 0.15) is 47.0 Å². The van der Waals surface area contributed by atoms with Crippen molar-refractivity contribution < 1.29 is 4.74 Å². The van der Waals surface area contributed by atoms with E-state index < -0.39 is 0 Å². The summed E-state index contributed by atoms with van der Waals surface area (Å²) < 4.78 is 5.78. The van der Waals surface area contributed by atoms with Gasteiger partial charge in [0.1, 0.15) is 0 Å². The van der Waals surface area contributed by atoms with Crippen LogP contribution in [0, 0.1) is 5.41 Å². The Hall–Kier alpha value is -0.120. The molecule has 0 aromatic rings. The zero-order valence-electron chi connectivity index (χ0n) is 12.5. The van der Waals surface area contributed by atoms with E-state index >= 15 is 0 Å². The summed E-state index contributed by atoms with van der Waals surface area (Å²) in [6.45, 7) is 13.6. The molecule has 3 unspecified atom stereocenters. The molecule has 106 valence electrons. The number of hydrogen-bond acceptors (Lipinski definition) is 3. The highest BCUT2D eigenvalue weighted by Crippen LogP contribution is 2.40. The van der Waals surface area contributed by atoms with Gasteiger partial charge in [-0.2, -0.15) is 0 Å². The molecule has 1 aliphatic carbocycles. The van der Waals surface area contributed by atoms with Crippen LogP contribution in [0.5, 0.6) is 0 Å². The minimum absolute atomic E-state index is 0.387. The summed E-state index contributed by atoms with van der Waals surface area (Å²) in [6, 6.07) is 1.33. The lowest BCUT2D eigenvalue weighted by molar-refractivity contribution is 0.0558. The van der Waals surface area contributed by atoms with Gasteiger partial charge in [-0.15, -0.1) is 0 Å². The van der Waals surface area contributed by atoms with Crippen LogP contribution in [-0.4, -0.2) is 49.3 Å². The first-order valence-electron chi connectivity index (χ1n) is 7.63. The van der Waals surface area contributed by atoms with Crippen molar-refractivity contribution in [2.45, 2.75) is 65.1 Å². The van der Waals surface area contributed by atoms with Gasteiger partial charge in [0.15, 0.2) is 0 Å². The molecule has 1 aliphatic heterocycles. The van der Waals surface area contributed by atoms with Gasteiger partial charge in [0.25, 0.3) is 0 Å². The quantitative estimate of drug-likeness (QED) is 0.836. The van der Waals surface area contributed by atoms with E-state index in [4.69, 9.17) is 4.74 Å². The normalized spacial score (nSPS) is 37.7. The Kier molecular flexibility index (Phi) is 4.68. The third-order valence-electron chi connectivity index (χ3n) is 4.69. The monoisotopic (exact) mass is 254 g/mol. The highest BCUT2D eigenvalue weighted by molar-refractivity contribution is 5.01. The molecule has 0 amide bonds. The van der Waals surface area contributed by atoms with E-state index in [2.05, 4.69) is 37.9 Å². The van der Waals surface area contributed by atoms with E-state index in [1.807, 2.05) is 0 Å². The molecule has 3 heteroatoms. The molecule has 1 N–H and O–H groups in total. The van der Waals surface area contributed by atoms with Gasteiger partial charge in [0.2, 0.25) is 0 Å². The third-order valence-corrected chi connectivity index (χ3v) is 4.69. The van der Waals surface area contributed by atoms with Crippen LogP contribution in [0.3, 0.4) is 0 Å². The first-order valence-corrected chi connectivity index (χ1v) is 7.63. The van der Waals surface area contributed by atoms with Crippen molar-refractivity contribution in [2.24, 2.45) is 5.41 Å². The Morgan fingerprint density at radius 1 is 1.39 bits per heavy atom. The van der Waals surface area contributed by atoms with E-state index in [1.54, 1.807) is 0 Å². The predicted octanol–water partition coefficient (Wildman–Crippen LogP) is 2.26. The van der Waals surface area contributed by atoms with Crippen LogP contribution >= 0.6 is 0 Å². The largest absolute Gasteiger partial charge is 0.377 e. The summed E-state index contributed by atoms with van der Waals surface area (Å²) in [7, 11) is 0. The zero-order chi connectivity index (χ0) is 13.2. The standard InChI is InChI=1S/C15H30N2O/c1-5-16-14-13(7-8-15(14,3)4)17-9-6-10-18-12(2)11-17/h12-14,16H,5-11H2,1-4H3. The van der Waals surface area contributed by atoms with Crippen LogP contribution in [0.2, 0.25) is 0 Å². The van der Waals surface area contributed by atoms with Gasteiger partial charge in [0.05, 0.1) is 6.10 Å². The SMILES string of the molecule is CCNC1C(N2CCCOC(C)C2)CCC1(C)C. The molecule has 3 nitrogen and oxygen atoms in total. The number of nitrogens with one attached hydrogen (secondary N) is 1. The Balaban J connectivity index is 2.06. The molecule has 2 aliphatic rings. The number of hydrogen-bond donors (Lipinski definition) is 1. The van der Waals surface area contributed by atoms with Crippen molar-refractivity contribution in [2.75, 3.05) is 26.2 Å². The van der Waals surface area contributed by atoms with Crippen molar-refractivity contribution in [3.05, 3.63) is 0 Å². The van der Waals surface area contributed by atoms with Gasteiger partial charge in [-0.1, -0.05) is 20.8 Å². The average molecular weight is 254 g/mol. The molecule has 18 heavy (non-hydrogen) atoms. The highest BCUT2D eigenvalue weighted by atomic mass is 16.5. The second-order valence-corrected chi connectivity index (χ2v) is 6.66. The van der Waals surface area contributed by atoms with Crippen LogP contribution < -0.4 is 5.32 Å². The minimum atomic E-state index is 0.387. The Morgan fingerprint density at radius 3 is 2.89 bits per heavy atom. The maximum atomic E-state index is 5.78. The lowest BCUT2D eigenvalue weighted by Crippen LogP contribution is -2.53. The van der Waals surface area contributed by atoms with Gasteiger partial charge in [0, 0.05) is 31.8 Å². The van der Waals surface area contributed by atoms with Gasteiger partial charge in [-0.3, -0.25) is 4.90 Å². The molecular weight excluding hydrogens is 224 g/mol. The zero-order valence-corrected chi connectivity index (χ0v) is 12.5. The molecular formula is C15H30N2O. The van der Waals surface area contributed by atoms with E-state index in [0.29, 0.717) is 23.6 Å². The molecule has 0 spiro atoms. The predicted molar refractivity (Wildman–Crippen MR) is 75.9 cm³/mol. The minimum Gasteiger partial charge on any atom is -0.377 e. The van der Waals surface area contributed by atoms with E-state index in [1.165, 1.54) is 25.8 Å². The molecule has 0 radical (unpaired) electrons. The summed E-state index contributed by atoms with van der Waals surface area (Å²) in [4.78, 5) is 2.68. The van der Waals surface area contributed by atoms with E-state index in [9.17, 15) is 0 Å². The fourth-order valence-corrected chi connectivity index (χ4v) is 3.72. The first kappa shape index (κ1) is 14.3. The van der Waals surface area contributed by atoms with Crippen molar-refractivity contribution in [1.29, 1.82) is 0 Å². The molecule has 2 rings (SSSR count). The van der Waals surface area contributed by atoms with E-state index in [0.717, 1.165) is 19.7 Å². The lowest BCUT2D eigenvalue weighted by Gasteiger charge is -2.37. The number of nitrogens with zero attached hydrogens (tertiary/aromatic N) is 1. The topological polar surface area (TPSA) is 24.5 Å². The summed E-state index contributed by atoms with van der Waals surface area (Å²) in [5.74, 6) is 0. The Labute approximate surface area is 112 Å². The molecule has 1 saturated heterocycles. The lowest BCUT2D eigenvalue weighted by atomic mass is 9.86. The molecule has 3 atom stereocenters. The average Bonchev–Trinajstić information content (AvgIpc) is 2.50. The van der Waals surface area contributed by atoms with Crippen molar-refractivity contribution in [1.82, 2.24) is 10.2 Å². The molecule has 0 aromatic heterocycles. The maximum absolute atomic E-state index is 5.78. The van der Waals surface area contributed by atoms with Crippen LogP contribution in [0.15, 0.2) is 0 Å². The molecule has 1 saturated carbocycles. The van der Waals surface area contributed by atoms with Gasteiger partial charge in [-0.05, 0) is 38.1 Å². The van der Waals surface area contributed by atoms with Gasteiger partial charge < -0.3 is 10.1 Å². The number of ether oxygens (including phenoxy) is 1. The third kappa shape index (κ3) is 3.06. The Bertz CT molecular complexity index is 267. The van der Waals surface area contributed by atoms with Crippen LogP contribution in [-0.2, 0) is 4.74 Å². The second-order valence-electron chi connectivity index (χ2n) is 6.66. The van der Waals surface area contributed by atoms with Crippen LogP contribution in [0.25, 0.3) is 0 Å². The molecule has 0 bridgehead atoms. The van der Waals surface area contributed by atoms with Gasteiger partial charge in [-0.25, -0.2) is 0 Å². The number of rotatable bonds is 3. The first-order chi connectivity index (χ1) is 8.54. The van der Waals surface area contributed by atoms with Crippen molar-refractivity contribution >= 4 is 0 Å². The molecule has 1 heterocycles. The fourth-order valence-electron chi connectivity index (χ4n) is 3.72. The molecule has 2 fully saturated rings. The molecule has 0 aromatic carbocycles. The Morgan fingerprint density at radius 2 is 2.17 bits per heavy atom. The highest BCUT2D eigenvalue weighted by Gasteiger charge is 2.44. The smallest absolute Gasteiger partial charge is 0.0674 e. The van der Waals surface area contributed by atoms with Crippen molar-refractivity contribution in [3.63, 3.8) is 0 Å². The fraction of sp³-hybridized carbons (Fsp3) is 1.00. The second kappa shape index (κ2) is 5.89. The van der Waals surface area contributed by atoms with Gasteiger partial charge >= 0.3 is 0 Å². The van der Waals surface area contributed by atoms with E-state index in [-0.39, 0.29) is 0 Å².